The smallest absolute Gasteiger partial charge is 0.220 e. The van der Waals surface area contributed by atoms with Crippen LogP contribution in [0.5, 0.6) is 0 Å². The number of nitrogens with zero attached hydrogens (tertiary/aromatic N) is 6. The SMILES string of the molecule is [C-]#[N+]c1ccc(-c2[nH]c3ccc(Br)cc3c2-c2ccnc(N)n2)cc1.[C-]#[N+]c1ccc(-c2[nH]c3ccc(Br)cc3c2-c2ccnc(SC)n2)cc1. The molecule has 8 aromatic rings. The number of aromatic nitrogens is 6. The third-order valence-corrected chi connectivity index (χ3v) is 9.64. The monoisotopic (exact) mass is 809 g/mol. The van der Waals surface area contributed by atoms with Gasteiger partial charge in [-0.1, -0.05) is 92.2 Å². The molecule has 0 saturated heterocycles. The molecule has 4 N–H and O–H groups in total. The lowest BCUT2D eigenvalue weighted by Crippen LogP contribution is -1.95. The number of benzene rings is 4. The minimum atomic E-state index is 0.233. The molecule has 4 aromatic carbocycles. The summed E-state index contributed by atoms with van der Waals surface area (Å²) in [6.07, 6.45) is 5.41. The number of anilines is 1. The number of hydrogen-bond donors (Lipinski definition) is 3. The summed E-state index contributed by atoms with van der Waals surface area (Å²) in [5.41, 5.74) is 16.6. The van der Waals surface area contributed by atoms with Gasteiger partial charge in [0.05, 0.1) is 35.9 Å². The molecular weight excluding hydrogens is 786 g/mol. The Labute approximate surface area is 314 Å². The van der Waals surface area contributed by atoms with Gasteiger partial charge in [0, 0.05) is 54.3 Å². The van der Waals surface area contributed by atoms with Crippen molar-refractivity contribution in [1.29, 1.82) is 0 Å². The predicted octanol–water partition coefficient (Wildman–Crippen LogP) is 11.5. The lowest BCUT2D eigenvalue weighted by molar-refractivity contribution is 0.977. The van der Waals surface area contributed by atoms with Gasteiger partial charge in [-0.05, 0) is 65.9 Å². The van der Waals surface area contributed by atoms with Crippen LogP contribution in [0.25, 0.3) is 76.5 Å². The zero-order valence-corrected chi connectivity index (χ0v) is 30.8. The Balaban J connectivity index is 0.000000159. The van der Waals surface area contributed by atoms with Gasteiger partial charge < -0.3 is 15.7 Å². The quantitative estimate of drug-likeness (QED) is 0.0905. The molecule has 9 nitrogen and oxygen atoms in total. The summed E-state index contributed by atoms with van der Waals surface area (Å²) in [4.78, 5) is 31.3. The van der Waals surface area contributed by atoms with Crippen molar-refractivity contribution in [2.45, 2.75) is 5.16 Å². The molecule has 0 aliphatic carbocycles. The molecule has 0 aliphatic rings. The largest absolute Gasteiger partial charge is 0.368 e. The van der Waals surface area contributed by atoms with E-state index in [9.17, 15) is 0 Å². The highest BCUT2D eigenvalue weighted by Crippen LogP contribution is 2.40. The van der Waals surface area contributed by atoms with E-state index in [2.05, 4.69) is 84.7 Å². The number of nitrogens with one attached hydrogen (secondary N) is 2. The molecule has 0 unspecified atom stereocenters. The first-order valence-corrected chi connectivity index (χ1v) is 18.2. The third kappa shape index (κ3) is 6.98. The fourth-order valence-electron chi connectivity index (χ4n) is 5.79. The van der Waals surface area contributed by atoms with Crippen LogP contribution in [-0.2, 0) is 0 Å². The highest BCUT2D eigenvalue weighted by molar-refractivity contribution is 9.10. The molecule has 0 aliphatic heterocycles. The maximum Gasteiger partial charge on any atom is 0.220 e. The van der Waals surface area contributed by atoms with Crippen molar-refractivity contribution in [3.8, 4) is 45.0 Å². The molecule has 0 saturated carbocycles. The summed E-state index contributed by atoms with van der Waals surface area (Å²) < 4.78 is 2.00. The number of nitrogen functional groups attached to an aromatic ring is 1. The molecule has 51 heavy (non-hydrogen) atoms. The van der Waals surface area contributed by atoms with E-state index in [0.29, 0.717) is 11.4 Å². The van der Waals surface area contributed by atoms with Gasteiger partial charge >= 0.3 is 0 Å². The van der Waals surface area contributed by atoms with Gasteiger partial charge in [-0.2, -0.15) is 0 Å². The van der Waals surface area contributed by atoms with Gasteiger partial charge in [0.1, 0.15) is 0 Å². The molecule has 0 spiro atoms. The van der Waals surface area contributed by atoms with Crippen molar-refractivity contribution >= 4 is 82.8 Å². The van der Waals surface area contributed by atoms with E-state index in [1.165, 1.54) is 11.8 Å². The Kier molecular flexibility index (Phi) is 9.64. The van der Waals surface area contributed by atoms with Crippen molar-refractivity contribution in [3.63, 3.8) is 0 Å². The van der Waals surface area contributed by atoms with Gasteiger partial charge in [-0.3, -0.25) is 0 Å². The van der Waals surface area contributed by atoms with Crippen LogP contribution in [0.2, 0.25) is 0 Å². The van der Waals surface area contributed by atoms with Crippen molar-refractivity contribution in [2.75, 3.05) is 12.0 Å². The molecule has 4 aromatic heterocycles. The molecule has 4 heterocycles. The number of aromatic amines is 2. The van der Waals surface area contributed by atoms with Crippen molar-refractivity contribution in [2.24, 2.45) is 0 Å². The van der Waals surface area contributed by atoms with E-state index in [1.54, 1.807) is 12.4 Å². The summed E-state index contributed by atoms with van der Waals surface area (Å²) >= 11 is 8.62. The Morgan fingerprint density at radius 3 is 1.55 bits per heavy atom. The van der Waals surface area contributed by atoms with Crippen LogP contribution < -0.4 is 5.73 Å². The minimum Gasteiger partial charge on any atom is -0.368 e. The highest BCUT2D eigenvalue weighted by atomic mass is 79.9. The minimum absolute atomic E-state index is 0.233. The molecule has 0 fully saturated rings. The summed E-state index contributed by atoms with van der Waals surface area (Å²) in [6.45, 7) is 14.3. The Morgan fingerprint density at radius 2 is 1.10 bits per heavy atom. The van der Waals surface area contributed by atoms with Gasteiger partial charge in [0.2, 0.25) is 5.95 Å². The second kappa shape index (κ2) is 14.6. The number of rotatable bonds is 5. The summed E-state index contributed by atoms with van der Waals surface area (Å²) in [5.74, 6) is 0.233. The Bertz CT molecular complexity index is 2630. The van der Waals surface area contributed by atoms with E-state index in [-0.39, 0.29) is 5.95 Å². The third-order valence-electron chi connectivity index (χ3n) is 8.09. The van der Waals surface area contributed by atoms with Gasteiger partial charge in [-0.15, -0.1) is 0 Å². The lowest BCUT2D eigenvalue weighted by Gasteiger charge is -2.06. The number of thioether (sulfide) groups is 1. The fourth-order valence-corrected chi connectivity index (χ4v) is 6.87. The van der Waals surface area contributed by atoms with Crippen LogP contribution in [0, 0.1) is 13.1 Å². The van der Waals surface area contributed by atoms with Crippen LogP contribution in [0.15, 0.2) is 124 Å². The van der Waals surface area contributed by atoms with Crippen LogP contribution in [-0.4, -0.2) is 36.2 Å². The van der Waals surface area contributed by atoms with Crippen molar-refractivity contribution < 1.29 is 0 Å². The number of H-pyrrole nitrogens is 2. The maximum absolute atomic E-state index is 7.14. The van der Waals surface area contributed by atoms with Gasteiger partial charge in [-0.25, -0.2) is 29.6 Å². The van der Waals surface area contributed by atoms with Gasteiger partial charge in [0.15, 0.2) is 16.5 Å². The van der Waals surface area contributed by atoms with Crippen LogP contribution >= 0.6 is 43.6 Å². The second-order valence-electron chi connectivity index (χ2n) is 11.2. The summed E-state index contributed by atoms with van der Waals surface area (Å²) in [5, 5.41) is 2.87. The highest BCUT2D eigenvalue weighted by Gasteiger charge is 2.18. The van der Waals surface area contributed by atoms with Crippen LogP contribution in [0.4, 0.5) is 17.3 Å². The molecule has 8 rings (SSSR count). The van der Waals surface area contributed by atoms with E-state index < -0.39 is 0 Å². The maximum atomic E-state index is 7.14. The zero-order chi connectivity index (χ0) is 35.5. The number of hydrogen-bond acceptors (Lipinski definition) is 6. The van der Waals surface area contributed by atoms with E-state index in [4.69, 9.17) is 23.9 Å². The van der Waals surface area contributed by atoms with E-state index in [1.807, 2.05) is 85.1 Å². The van der Waals surface area contributed by atoms with E-state index >= 15 is 0 Å². The predicted molar refractivity (Wildman–Crippen MR) is 214 cm³/mol. The normalized spacial score (nSPS) is 10.8. The van der Waals surface area contributed by atoms with Crippen LogP contribution in [0.1, 0.15) is 0 Å². The van der Waals surface area contributed by atoms with Crippen LogP contribution in [0.3, 0.4) is 0 Å². The molecule has 12 heteroatoms. The van der Waals surface area contributed by atoms with Gasteiger partial charge in [0.25, 0.3) is 0 Å². The molecule has 0 radical (unpaired) electrons. The summed E-state index contributed by atoms with van der Waals surface area (Å²) in [7, 11) is 0. The van der Waals surface area contributed by atoms with E-state index in [0.717, 1.165) is 80.9 Å². The zero-order valence-electron chi connectivity index (χ0n) is 26.8. The average Bonchev–Trinajstić information content (AvgIpc) is 3.73. The number of nitrogens with two attached hydrogens (primary N) is 1. The first-order chi connectivity index (χ1) is 24.8. The van der Waals surface area contributed by atoms with Crippen molar-refractivity contribution in [3.05, 3.63) is 141 Å². The molecule has 0 bridgehead atoms. The van der Waals surface area contributed by atoms with Crippen molar-refractivity contribution in [1.82, 2.24) is 29.9 Å². The standard InChI is InChI=1S/C20H13BrN4S.C19H12BrN5/c1-22-14-6-3-12(4-7-14)19-18(17-9-10-23-20(25-17)26-2)15-11-13(21)5-8-16(15)24-19;1-22-13-5-2-11(3-6-13)18-17(16-8-9-23-19(21)25-16)14-10-12(20)4-7-15(14)24-18/h3-11,24H,2H3;2-10,24H,(H2,21,23,25). The number of fused-ring (bicyclic) bond motifs is 2. The summed E-state index contributed by atoms with van der Waals surface area (Å²) in [6, 6.07) is 31.1. The molecular formula is C39H25Br2N9S. The molecule has 0 amide bonds. The molecule has 0 atom stereocenters. The lowest BCUT2D eigenvalue weighted by atomic mass is 10.0. The second-order valence-corrected chi connectivity index (χ2v) is 13.8. The first-order valence-electron chi connectivity index (χ1n) is 15.4. The fraction of sp³-hybridized carbons (Fsp3) is 0.0256. The molecule has 246 valence electrons. The first kappa shape index (κ1) is 33.7. The Hall–Kier alpha value is -5.79. The Morgan fingerprint density at radius 1 is 0.627 bits per heavy atom. The topological polar surface area (TPSA) is 118 Å². The number of halogens is 2. The average molecular weight is 812 g/mol.